The average molecular weight is 197 g/mol. The van der Waals surface area contributed by atoms with Gasteiger partial charge in [-0.2, -0.15) is 4.98 Å². The summed E-state index contributed by atoms with van der Waals surface area (Å²) in [4.78, 5) is 7.96. The van der Waals surface area contributed by atoms with Crippen molar-refractivity contribution in [1.82, 2.24) is 15.5 Å². The maximum Gasteiger partial charge on any atom is 0.228 e. The Kier molecular flexibility index (Phi) is 3.90. The van der Waals surface area contributed by atoms with Crippen LogP contribution in [-0.2, 0) is 6.42 Å². The summed E-state index contributed by atoms with van der Waals surface area (Å²) in [5.41, 5.74) is 5.59. The minimum absolute atomic E-state index is 0.294. The number of aliphatic imine (C=N–C) groups is 1. The molecule has 1 aromatic heterocycles. The molecular formula is C8H15N5O. The summed E-state index contributed by atoms with van der Waals surface area (Å²) in [5, 5.41) is 6.47. The number of rotatable bonds is 4. The number of hydrogen-bond acceptors (Lipinski definition) is 4. The van der Waals surface area contributed by atoms with E-state index in [9.17, 15) is 0 Å². The first-order valence-corrected chi connectivity index (χ1v) is 4.50. The van der Waals surface area contributed by atoms with Gasteiger partial charge < -0.3 is 15.6 Å². The number of aromatic nitrogens is 2. The fourth-order valence-electron chi connectivity index (χ4n) is 0.920. The molecule has 0 atom stereocenters. The predicted octanol–water partition coefficient (Wildman–Crippen LogP) is -0.0752. The Hall–Kier alpha value is -1.59. The van der Waals surface area contributed by atoms with Gasteiger partial charge in [0.2, 0.25) is 5.89 Å². The Balaban J connectivity index is 2.26. The smallest absolute Gasteiger partial charge is 0.228 e. The molecule has 14 heavy (non-hydrogen) atoms. The van der Waals surface area contributed by atoms with E-state index in [0.29, 0.717) is 30.9 Å². The molecule has 0 saturated carbocycles. The largest absolute Gasteiger partial charge is 0.370 e. The fraction of sp³-hybridized carbons (Fsp3) is 0.625. The third kappa shape index (κ3) is 3.88. The van der Waals surface area contributed by atoms with Crippen molar-refractivity contribution in [3.63, 3.8) is 0 Å². The monoisotopic (exact) mass is 197 g/mol. The second kappa shape index (κ2) is 5.21. The van der Waals surface area contributed by atoms with Gasteiger partial charge in [0.1, 0.15) is 0 Å². The summed E-state index contributed by atoms with van der Waals surface area (Å²) in [6.07, 6.45) is 1.98. The Labute approximate surface area is 82.6 Å². The van der Waals surface area contributed by atoms with Crippen LogP contribution < -0.4 is 11.1 Å². The number of nitrogens with two attached hydrogens (primary N) is 1. The molecule has 1 rings (SSSR count). The van der Waals surface area contributed by atoms with Crippen LogP contribution >= 0.6 is 0 Å². The molecule has 0 aliphatic carbocycles. The van der Waals surface area contributed by atoms with Crippen molar-refractivity contribution in [1.29, 1.82) is 0 Å². The van der Waals surface area contributed by atoms with Gasteiger partial charge in [-0.3, -0.25) is 4.99 Å². The third-order valence-electron chi connectivity index (χ3n) is 1.45. The van der Waals surface area contributed by atoms with Gasteiger partial charge in [0.25, 0.3) is 0 Å². The van der Waals surface area contributed by atoms with Crippen molar-refractivity contribution in [3.8, 4) is 0 Å². The molecule has 0 aromatic carbocycles. The molecule has 0 saturated heterocycles. The molecule has 0 radical (unpaired) electrons. The topological polar surface area (TPSA) is 89.3 Å². The molecule has 1 heterocycles. The number of nitrogens with zero attached hydrogens (tertiary/aromatic N) is 3. The molecule has 0 unspecified atom stereocenters. The van der Waals surface area contributed by atoms with E-state index in [1.807, 2.05) is 13.8 Å². The van der Waals surface area contributed by atoms with Crippen LogP contribution in [0.5, 0.6) is 0 Å². The first kappa shape index (κ1) is 10.5. The molecule has 0 aliphatic heterocycles. The second-order valence-electron chi connectivity index (χ2n) is 3.15. The van der Waals surface area contributed by atoms with Crippen LogP contribution in [0.25, 0.3) is 0 Å². The summed E-state index contributed by atoms with van der Waals surface area (Å²) in [7, 11) is 0. The number of nitrogens with one attached hydrogen (secondary N) is 1. The van der Waals surface area contributed by atoms with Crippen LogP contribution in [-0.4, -0.2) is 28.7 Å². The Morgan fingerprint density at radius 2 is 2.50 bits per heavy atom. The zero-order valence-electron chi connectivity index (χ0n) is 8.40. The lowest BCUT2D eigenvalue weighted by molar-refractivity contribution is 0.379. The highest BCUT2D eigenvalue weighted by Gasteiger charge is 1.98. The zero-order valence-corrected chi connectivity index (χ0v) is 8.40. The highest BCUT2D eigenvalue weighted by Crippen LogP contribution is 1.92. The van der Waals surface area contributed by atoms with E-state index >= 15 is 0 Å². The SMILES string of the molecule is CC(C)NC(N)=NCCc1ncno1. The van der Waals surface area contributed by atoms with Crippen LogP contribution in [0.1, 0.15) is 19.7 Å². The van der Waals surface area contributed by atoms with Crippen LogP contribution in [0.2, 0.25) is 0 Å². The molecule has 78 valence electrons. The Bertz CT molecular complexity index is 280. The van der Waals surface area contributed by atoms with Crippen molar-refractivity contribution in [2.24, 2.45) is 10.7 Å². The molecule has 1 aromatic rings. The summed E-state index contributed by atoms with van der Waals surface area (Å²) >= 11 is 0. The van der Waals surface area contributed by atoms with Crippen LogP contribution in [0, 0.1) is 0 Å². The molecule has 3 N–H and O–H groups in total. The molecule has 0 spiro atoms. The van der Waals surface area contributed by atoms with Gasteiger partial charge in [-0.25, -0.2) is 0 Å². The highest BCUT2D eigenvalue weighted by atomic mass is 16.5. The molecule has 0 fully saturated rings. The standard InChI is InChI=1S/C8H15N5O/c1-6(2)13-8(9)10-4-3-7-11-5-12-14-7/h5-6H,3-4H2,1-2H3,(H3,9,10,13). The zero-order chi connectivity index (χ0) is 10.4. The first-order chi connectivity index (χ1) is 6.68. The predicted molar refractivity (Wildman–Crippen MR) is 52.8 cm³/mol. The van der Waals surface area contributed by atoms with Crippen molar-refractivity contribution in [2.45, 2.75) is 26.3 Å². The summed E-state index contributed by atoms with van der Waals surface area (Å²) in [5.74, 6) is 1.02. The third-order valence-corrected chi connectivity index (χ3v) is 1.45. The maximum atomic E-state index is 5.59. The van der Waals surface area contributed by atoms with E-state index in [1.54, 1.807) is 0 Å². The number of hydrogen-bond donors (Lipinski definition) is 2. The fourth-order valence-corrected chi connectivity index (χ4v) is 0.920. The molecular weight excluding hydrogens is 182 g/mol. The van der Waals surface area contributed by atoms with Gasteiger partial charge in [-0.15, -0.1) is 0 Å². The van der Waals surface area contributed by atoms with E-state index in [2.05, 4.69) is 20.4 Å². The van der Waals surface area contributed by atoms with Crippen molar-refractivity contribution in [2.75, 3.05) is 6.54 Å². The van der Waals surface area contributed by atoms with Gasteiger partial charge in [-0.05, 0) is 13.8 Å². The van der Waals surface area contributed by atoms with Gasteiger partial charge in [0.05, 0.1) is 6.54 Å². The molecule has 0 aliphatic rings. The van der Waals surface area contributed by atoms with Crippen LogP contribution in [0.15, 0.2) is 15.8 Å². The first-order valence-electron chi connectivity index (χ1n) is 4.50. The Morgan fingerprint density at radius 1 is 1.71 bits per heavy atom. The lowest BCUT2D eigenvalue weighted by atomic mass is 10.4. The normalized spacial score (nSPS) is 12.1. The van der Waals surface area contributed by atoms with E-state index in [4.69, 9.17) is 10.3 Å². The minimum atomic E-state index is 0.294. The van der Waals surface area contributed by atoms with Crippen molar-refractivity contribution < 1.29 is 4.52 Å². The lowest BCUT2D eigenvalue weighted by Crippen LogP contribution is -2.36. The van der Waals surface area contributed by atoms with E-state index < -0.39 is 0 Å². The number of guanidine groups is 1. The van der Waals surface area contributed by atoms with E-state index in [-0.39, 0.29) is 0 Å². The lowest BCUT2D eigenvalue weighted by Gasteiger charge is -2.07. The molecule has 6 heteroatoms. The van der Waals surface area contributed by atoms with Gasteiger partial charge in [0.15, 0.2) is 12.3 Å². The summed E-state index contributed by atoms with van der Waals surface area (Å²) < 4.78 is 4.80. The second-order valence-corrected chi connectivity index (χ2v) is 3.15. The summed E-state index contributed by atoms with van der Waals surface area (Å²) in [6.45, 7) is 4.55. The quantitative estimate of drug-likeness (QED) is 0.520. The van der Waals surface area contributed by atoms with Crippen molar-refractivity contribution >= 4 is 5.96 Å². The highest BCUT2D eigenvalue weighted by molar-refractivity contribution is 5.78. The molecule has 6 nitrogen and oxygen atoms in total. The molecule has 0 bridgehead atoms. The summed E-state index contributed by atoms with van der Waals surface area (Å²) in [6, 6.07) is 0.294. The van der Waals surface area contributed by atoms with Gasteiger partial charge >= 0.3 is 0 Å². The van der Waals surface area contributed by atoms with E-state index in [0.717, 1.165) is 0 Å². The minimum Gasteiger partial charge on any atom is -0.370 e. The van der Waals surface area contributed by atoms with Crippen molar-refractivity contribution in [3.05, 3.63) is 12.2 Å². The van der Waals surface area contributed by atoms with E-state index in [1.165, 1.54) is 6.33 Å². The average Bonchev–Trinajstić information content (AvgIpc) is 2.55. The maximum absolute atomic E-state index is 5.59. The van der Waals surface area contributed by atoms with Crippen LogP contribution in [0.4, 0.5) is 0 Å². The van der Waals surface area contributed by atoms with Crippen LogP contribution in [0.3, 0.4) is 0 Å². The Morgan fingerprint density at radius 3 is 3.07 bits per heavy atom. The van der Waals surface area contributed by atoms with Gasteiger partial charge in [0, 0.05) is 12.5 Å². The molecule has 0 amide bonds. The van der Waals surface area contributed by atoms with Gasteiger partial charge in [-0.1, -0.05) is 5.16 Å².